The molecule has 0 saturated heterocycles. The predicted molar refractivity (Wildman–Crippen MR) is 94.4 cm³/mol. The second kappa shape index (κ2) is 8.52. The number of rotatable bonds is 7. The van der Waals surface area contributed by atoms with Gasteiger partial charge in [0.1, 0.15) is 17.8 Å². The Hall–Kier alpha value is -3.10. The molecule has 1 heterocycles. The molecule has 0 aliphatic rings. The van der Waals surface area contributed by atoms with E-state index in [2.05, 4.69) is 15.5 Å². The highest BCUT2D eigenvalue weighted by Gasteiger charge is 2.25. The molecule has 9 nitrogen and oxygen atoms in total. The van der Waals surface area contributed by atoms with Crippen LogP contribution in [0.15, 0.2) is 28.8 Å². The minimum Gasteiger partial charge on any atom is -0.497 e. The minimum atomic E-state index is -1.09. The summed E-state index contributed by atoms with van der Waals surface area (Å²) in [6.45, 7) is 5.26. The number of methoxy groups -OCH3 is 1. The molecule has 0 radical (unpaired) electrons. The predicted octanol–water partition coefficient (Wildman–Crippen LogP) is 2.51. The number of aliphatic carboxylic acids is 1. The standard InChI is InChI=1S/C18H23N3O6/c1-18(2,3)26-17(24)19-13(9-11-5-7-12(25-4)8-6-11)16-20-14(27-21-16)10-15(22)23/h5-8,13H,9-10H2,1-4H3,(H,19,24)(H,22,23). The number of nitrogens with one attached hydrogen (secondary N) is 1. The van der Waals surface area contributed by atoms with Crippen molar-refractivity contribution in [1.29, 1.82) is 0 Å². The molecule has 1 unspecified atom stereocenters. The van der Waals surface area contributed by atoms with Crippen molar-refractivity contribution < 1.29 is 28.7 Å². The zero-order valence-electron chi connectivity index (χ0n) is 15.7. The SMILES string of the molecule is COc1ccc(CC(NC(=O)OC(C)(C)C)c2noc(CC(=O)O)n2)cc1. The molecule has 1 amide bonds. The quantitative estimate of drug-likeness (QED) is 0.754. The first-order chi connectivity index (χ1) is 12.7. The highest BCUT2D eigenvalue weighted by atomic mass is 16.6. The van der Waals surface area contributed by atoms with E-state index < -0.39 is 30.1 Å². The molecule has 0 spiro atoms. The van der Waals surface area contributed by atoms with Gasteiger partial charge >= 0.3 is 12.1 Å². The Balaban J connectivity index is 2.20. The number of hydrogen-bond donors (Lipinski definition) is 2. The molecule has 0 aliphatic carbocycles. The van der Waals surface area contributed by atoms with Crippen molar-refractivity contribution in [2.24, 2.45) is 0 Å². The van der Waals surface area contributed by atoms with Crippen molar-refractivity contribution in [2.75, 3.05) is 7.11 Å². The Morgan fingerprint density at radius 1 is 1.26 bits per heavy atom. The summed E-state index contributed by atoms with van der Waals surface area (Å²) >= 11 is 0. The summed E-state index contributed by atoms with van der Waals surface area (Å²) in [5.41, 5.74) is 0.224. The van der Waals surface area contributed by atoms with Crippen LogP contribution in [-0.4, -0.2) is 40.0 Å². The number of carboxylic acids is 1. The van der Waals surface area contributed by atoms with E-state index in [1.807, 2.05) is 12.1 Å². The van der Waals surface area contributed by atoms with E-state index in [-0.39, 0.29) is 11.7 Å². The number of hydrogen-bond acceptors (Lipinski definition) is 7. The topological polar surface area (TPSA) is 124 Å². The second-order valence-electron chi connectivity index (χ2n) is 6.87. The van der Waals surface area contributed by atoms with Gasteiger partial charge in [0.05, 0.1) is 13.2 Å². The van der Waals surface area contributed by atoms with Crippen LogP contribution in [0.3, 0.4) is 0 Å². The number of carbonyl (C=O) groups is 2. The van der Waals surface area contributed by atoms with E-state index in [0.29, 0.717) is 12.2 Å². The van der Waals surface area contributed by atoms with Crippen molar-refractivity contribution in [3.63, 3.8) is 0 Å². The zero-order valence-corrected chi connectivity index (χ0v) is 15.7. The molecule has 2 aromatic rings. The van der Waals surface area contributed by atoms with Gasteiger partial charge in [-0.25, -0.2) is 4.79 Å². The third-order valence-corrected chi connectivity index (χ3v) is 3.39. The highest BCUT2D eigenvalue weighted by molar-refractivity contribution is 5.69. The first kappa shape index (κ1) is 20.2. The Labute approximate surface area is 156 Å². The first-order valence-electron chi connectivity index (χ1n) is 8.33. The molecule has 0 fully saturated rings. The minimum absolute atomic E-state index is 0.0387. The summed E-state index contributed by atoms with van der Waals surface area (Å²) in [6.07, 6.45) is -0.671. The lowest BCUT2D eigenvalue weighted by Gasteiger charge is -2.22. The van der Waals surface area contributed by atoms with E-state index in [1.54, 1.807) is 40.0 Å². The molecule has 0 saturated carbocycles. The molecule has 146 valence electrons. The Kier molecular flexibility index (Phi) is 6.38. The van der Waals surface area contributed by atoms with E-state index in [1.165, 1.54) is 0 Å². The van der Waals surface area contributed by atoms with Crippen LogP contribution in [0, 0.1) is 0 Å². The van der Waals surface area contributed by atoms with Crippen LogP contribution >= 0.6 is 0 Å². The third-order valence-electron chi connectivity index (χ3n) is 3.39. The summed E-state index contributed by atoms with van der Waals surface area (Å²) in [5.74, 6) is -0.244. The average Bonchev–Trinajstić information content (AvgIpc) is 3.01. The molecule has 2 N–H and O–H groups in total. The van der Waals surface area contributed by atoms with Crippen molar-refractivity contribution in [3.05, 3.63) is 41.5 Å². The Morgan fingerprint density at radius 3 is 2.48 bits per heavy atom. The molecular weight excluding hydrogens is 354 g/mol. The molecule has 1 aromatic heterocycles. The van der Waals surface area contributed by atoms with Crippen LogP contribution in [0.4, 0.5) is 4.79 Å². The lowest BCUT2D eigenvalue weighted by atomic mass is 10.1. The molecule has 0 aliphatic heterocycles. The van der Waals surface area contributed by atoms with Crippen LogP contribution in [0.1, 0.15) is 44.1 Å². The maximum Gasteiger partial charge on any atom is 0.408 e. The lowest BCUT2D eigenvalue weighted by Crippen LogP contribution is -2.36. The maximum atomic E-state index is 12.2. The molecular formula is C18H23N3O6. The van der Waals surface area contributed by atoms with Gasteiger partial charge in [0.2, 0.25) is 5.89 Å². The van der Waals surface area contributed by atoms with Gasteiger partial charge in [-0.3, -0.25) is 4.79 Å². The van der Waals surface area contributed by atoms with Crippen LogP contribution in [0.5, 0.6) is 5.75 Å². The fourth-order valence-corrected chi connectivity index (χ4v) is 2.26. The number of alkyl carbamates (subject to hydrolysis) is 1. The Bertz CT molecular complexity index is 779. The normalized spacial score (nSPS) is 12.3. The van der Waals surface area contributed by atoms with Gasteiger partial charge in [0, 0.05) is 6.42 Å². The van der Waals surface area contributed by atoms with Gasteiger partial charge in [0.25, 0.3) is 0 Å². The monoisotopic (exact) mass is 377 g/mol. The fraction of sp³-hybridized carbons (Fsp3) is 0.444. The third kappa shape index (κ3) is 6.61. The van der Waals surface area contributed by atoms with Crippen molar-refractivity contribution in [3.8, 4) is 5.75 Å². The van der Waals surface area contributed by atoms with Gasteiger partial charge in [0.15, 0.2) is 5.82 Å². The van der Waals surface area contributed by atoms with Gasteiger partial charge in [-0.1, -0.05) is 17.3 Å². The largest absolute Gasteiger partial charge is 0.497 e. The van der Waals surface area contributed by atoms with Crippen molar-refractivity contribution in [1.82, 2.24) is 15.5 Å². The van der Waals surface area contributed by atoms with Crippen LogP contribution in [0.25, 0.3) is 0 Å². The summed E-state index contributed by atoms with van der Waals surface area (Å²) in [7, 11) is 1.57. The highest BCUT2D eigenvalue weighted by Crippen LogP contribution is 2.20. The van der Waals surface area contributed by atoms with E-state index in [9.17, 15) is 9.59 Å². The molecule has 2 rings (SSSR count). The molecule has 0 bridgehead atoms. The Morgan fingerprint density at radius 2 is 1.93 bits per heavy atom. The number of ether oxygens (including phenoxy) is 2. The molecule has 1 aromatic carbocycles. The first-order valence-corrected chi connectivity index (χ1v) is 8.33. The molecule has 1 atom stereocenters. The number of aromatic nitrogens is 2. The molecule has 9 heteroatoms. The van der Waals surface area contributed by atoms with E-state index in [4.69, 9.17) is 19.1 Å². The van der Waals surface area contributed by atoms with E-state index in [0.717, 1.165) is 5.56 Å². The molecule has 27 heavy (non-hydrogen) atoms. The van der Waals surface area contributed by atoms with Gasteiger partial charge < -0.3 is 24.4 Å². The number of nitrogens with zero attached hydrogens (tertiary/aromatic N) is 2. The number of benzene rings is 1. The van der Waals surface area contributed by atoms with Gasteiger partial charge in [-0.2, -0.15) is 4.98 Å². The van der Waals surface area contributed by atoms with Gasteiger partial charge in [-0.15, -0.1) is 0 Å². The van der Waals surface area contributed by atoms with Crippen molar-refractivity contribution >= 4 is 12.1 Å². The van der Waals surface area contributed by atoms with Crippen molar-refractivity contribution in [2.45, 2.75) is 45.3 Å². The van der Waals surface area contributed by atoms with Crippen LogP contribution < -0.4 is 10.1 Å². The van der Waals surface area contributed by atoms with Crippen LogP contribution in [0.2, 0.25) is 0 Å². The summed E-state index contributed by atoms with van der Waals surface area (Å²) in [6, 6.07) is 6.64. The maximum absolute atomic E-state index is 12.2. The number of carbonyl (C=O) groups excluding carboxylic acids is 1. The van der Waals surface area contributed by atoms with Gasteiger partial charge in [-0.05, 0) is 38.5 Å². The fourth-order valence-electron chi connectivity index (χ4n) is 2.26. The summed E-state index contributed by atoms with van der Waals surface area (Å²) in [5, 5.41) is 15.4. The summed E-state index contributed by atoms with van der Waals surface area (Å²) < 4.78 is 15.4. The second-order valence-corrected chi connectivity index (χ2v) is 6.87. The number of amides is 1. The van der Waals surface area contributed by atoms with Crippen LogP contribution in [-0.2, 0) is 22.4 Å². The lowest BCUT2D eigenvalue weighted by molar-refractivity contribution is -0.136. The van der Waals surface area contributed by atoms with E-state index >= 15 is 0 Å². The number of carboxylic acid groups (broad SMARTS) is 1. The smallest absolute Gasteiger partial charge is 0.408 e. The summed E-state index contributed by atoms with van der Waals surface area (Å²) in [4.78, 5) is 27.1. The zero-order chi connectivity index (χ0) is 20.0. The average molecular weight is 377 g/mol.